The normalized spacial score (nSPS) is 16.4. The van der Waals surface area contributed by atoms with E-state index in [4.69, 9.17) is 23.7 Å². The van der Waals surface area contributed by atoms with Crippen LogP contribution in [0.15, 0.2) is 60.7 Å². The van der Waals surface area contributed by atoms with Gasteiger partial charge in [0.25, 0.3) is 0 Å². The topological polar surface area (TPSA) is 66.4 Å². The van der Waals surface area contributed by atoms with E-state index in [-0.39, 0.29) is 24.2 Å². The van der Waals surface area contributed by atoms with E-state index >= 15 is 0 Å². The number of unbranched alkanes of at least 4 members (excludes halogenated alkanes) is 2. The van der Waals surface area contributed by atoms with Crippen LogP contribution in [0.1, 0.15) is 171 Å². The second kappa shape index (κ2) is 23.8. The lowest BCUT2D eigenvalue weighted by molar-refractivity contribution is 0.196. The van der Waals surface area contributed by atoms with Crippen LogP contribution < -0.4 is 23.7 Å². The Kier molecular flexibility index (Phi) is 18.7. The number of ether oxygens (including phenoxy) is 5. The smallest absolute Gasteiger partial charge is 0.203 e. The molecule has 6 heteroatoms. The van der Waals surface area contributed by atoms with Crippen molar-refractivity contribution < 1.29 is 28.8 Å². The predicted octanol–water partition coefficient (Wildman–Crippen LogP) is 15.4. The first-order chi connectivity index (χ1) is 30.5. The van der Waals surface area contributed by atoms with Crippen LogP contribution >= 0.6 is 0 Å². The lowest BCUT2D eigenvalue weighted by Crippen LogP contribution is -2.31. The zero-order valence-corrected chi connectivity index (χ0v) is 40.6. The standard InChI is InChI=1S/C57H78O6/c1-12-18-20-41(16-5)36-57(37-42(17-6)21-19-13-2)50-31-43(22-24-45-30-47(38-58)55(52(33-45)59-9)62-39(7)14-3)26-28-48(50)49-29-27-44(32-51(49)57)23-25-46-34-53(60-10)56(54(35-46)61-11)63-40(8)15-4/h22-35,39-42,58H,12-21,36-38H2,1-11H3/b24-22+,25-23+. The molecular weight excluding hydrogens is 781 g/mol. The van der Waals surface area contributed by atoms with E-state index in [0.717, 1.165) is 42.4 Å². The summed E-state index contributed by atoms with van der Waals surface area (Å²) in [5.74, 6) is 4.45. The molecule has 0 spiro atoms. The molecule has 4 atom stereocenters. The van der Waals surface area contributed by atoms with Gasteiger partial charge in [0.15, 0.2) is 23.0 Å². The van der Waals surface area contributed by atoms with E-state index in [1.165, 1.54) is 84.7 Å². The first kappa shape index (κ1) is 49.3. The largest absolute Gasteiger partial charge is 0.493 e. The molecule has 0 radical (unpaired) electrons. The van der Waals surface area contributed by atoms with Crippen molar-refractivity contribution in [1.29, 1.82) is 0 Å². The molecule has 0 fully saturated rings. The van der Waals surface area contributed by atoms with Crippen molar-refractivity contribution in [3.8, 4) is 39.9 Å². The van der Waals surface area contributed by atoms with Crippen molar-refractivity contribution in [2.24, 2.45) is 11.8 Å². The summed E-state index contributed by atoms with van der Waals surface area (Å²) in [6, 6.07) is 22.4. The fourth-order valence-corrected chi connectivity index (χ4v) is 9.38. The fraction of sp³-hybridized carbons (Fsp3) is 0.509. The van der Waals surface area contributed by atoms with Gasteiger partial charge in [-0.15, -0.1) is 0 Å². The third kappa shape index (κ3) is 11.9. The Balaban J connectivity index is 1.65. The van der Waals surface area contributed by atoms with E-state index in [1.54, 1.807) is 21.3 Å². The number of benzene rings is 4. The molecule has 1 N–H and O–H groups in total. The van der Waals surface area contributed by atoms with Crippen LogP contribution in [0, 0.1) is 11.8 Å². The summed E-state index contributed by atoms with van der Waals surface area (Å²) in [6.07, 6.45) is 22.6. The van der Waals surface area contributed by atoms with Crippen LogP contribution in [-0.2, 0) is 12.0 Å². The van der Waals surface area contributed by atoms with Crippen LogP contribution in [-0.4, -0.2) is 38.6 Å². The maximum Gasteiger partial charge on any atom is 0.203 e. The van der Waals surface area contributed by atoms with Crippen LogP contribution in [0.3, 0.4) is 0 Å². The molecule has 0 heterocycles. The van der Waals surface area contributed by atoms with Crippen LogP contribution in [0.25, 0.3) is 35.4 Å². The molecule has 0 aliphatic heterocycles. The monoisotopic (exact) mass is 859 g/mol. The molecule has 342 valence electrons. The summed E-state index contributed by atoms with van der Waals surface area (Å²) in [4.78, 5) is 0. The Morgan fingerprint density at radius 3 is 1.33 bits per heavy atom. The third-order valence-corrected chi connectivity index (χ3v) is 13.5. The molecule has 4 unspecified atom stereocenters. The lowest BCUT2D eigenvalue weighted by atomic mass is 9.65. The maximum absolute atomic E-state index is 10.4. The highest BCUT2D eigenvalue weighted by atomic mass is 16.5. The summed E-state index contributed by atoms with van der Waals surface area (Å²) in [7, 11) is 5.03. The highest BCUT2D eigenvalue weighted by molar-refractivity contribution is 5.85. The first-order valence-corrected chi connectivity index (χ1v) is 24.1. The molecule has 4 aromatic carbocycles. The van der Waals surface area contributed by atoms with Crippen LogP contribution in [0.5, 0.6) is 28.7 Å². The molecule has 4 aromatic rings. The van der Waals surface area contributed by atoms with Gasteiger partial charge < -0.3 is 28.8 Å². The van der Waals surface area contributed by atoms with Gasteiger partial charge in [-0.2, -0.15) is 0 Å². The Bertz CT molecular complexity index is 1930. The average Bonchev–Trinajstić information content (AvgIpc) is 3.57. The van der Waals surface area contributed by atoms with Crippen molar-refractivity contribution in [2.75, 3.05) is 21.3 Å². The maximum atomic E-state index is 10.4. The Morgan fingerprint density at radius 2 is 0.937 bits per heavy atom. The minimum atomic E-state index is -0.134. The third-order valence-electron chi connectivity index (χ3n) is 13.5. The van der Waals surface area contributed by atoms with E-state index in [1.807, 2.05) is 31.2 Å². The lowest BCUT2D eigenvalue weighted by Gasteiger charge is -2.39. The highest BCUT2D eigenvalue weighted by Gasteiger charge is 2.45. The number of aliphatic hydroxyl groups excluding tert-OH is 1. The van der Waals surface area contributed by atoms with Crippen LogP contribution in [0.4, 0.5) is 0 Å². The van der Waals surface area contributed by atoms with E-state index in [2.05, 4.69) is 109 Å². The molecule has 0 bridgehead atoms. The Hall–Kier alpha value is -4.68. The fourth-order valence-electron chi connectivity index (χ4n) is 9.38. The first-order valence-electron chi connectivity index (χ1n) is 24.1. The van der Waals surface area contributed by atoms with E-state index < -0.39 is 0 Å². The van der Waals surface area contributed by atoms with Gasteiger partial charge in [-0.1, -0.05) is 154 Å². The Labute approximate surface area is 381 Å². The van der Waals surface area contributed by atoms with Gasteiger partial charge in [0.05, 0.1) is 40.1 Å². The van der Waals surface area contributed by atoms with Gasteiger partial charge in [0, 0.05) is 11.0 Å². The number of rotatable bonds is 26. The molecule has 0 saturated heterocycles. The number of fused-ring (bicyclic) bond motifs is 3. The number of hydrogen-bond donors (Lipinski definition) is 1. The van der Waals surface area contributed by atoms with Crippen LogP contribution in [0.2, 0.25) is 0 Å². The zero-order valence-electron chi connectivity index (χ0n) is 40.6. The van der Waals surface area contributed by atoms with Crippen molar-refractivity contribution in [2.45, 2.75) is 157 Å². The number of aliphatic hydroxyl groups is 1. The summed E-state index contributed by atoms with van der Waals surface area (Å²) in [5.41, 5.74) is 10.5. The molecule has 0 amide bonds. The molecule has 5 rings (SSSR count). The summed E-state index contributed by atoms with van der Waals surface area (Å²) >= 11 is 0. The summed E-state index contributed by atoms with van der Waals surface area (Å²) in [5, 5.41) is 10.4. The number of hydrogen-bond acceptors (Lipinski definition) is 6. The second-order valence-corrected chi connectivity index (χ2v) is 17.9. The minimum absolute atomic E-state index is 0.0115. The summed E-state index contributed by atoms with van der Waals surface area (Å²) < 4.78 is 29.9. The molecule has 1 aliphatic rings. The van der Waals surface area contributed by atoms with Gasteiger partial charge in [-0.05, 0) is 120 Å². The van der Waals surface area contributed by atoms with Gasteiger partial charge in [0.2, 0.25) is 5.75 Å². The molecule has 6 nitrogen and oxygen atoms in total. The SMILES string of the molecule is CCCCC(CC)CC1(CC(CC)CCCC)c2cc(/C=C/c3cc(CO)c(OC(C)CC)c(OC)c3)ccc2-c2ccc(/C=C/c3cc(OC)c(OC(C)CC)c(OC)c3)cc21. The van der Waals surface area contributed by atoms with E-state index in [9.17, 15) is 5.11 Å². The molecule has 0 saturated carbocycles. The molecule has 0 aromatic heterocycles. The molecular formula is C57H78O6. The predicted molar refractivity (Wildman–Crippen MR) is 266 cm³/mol. The van der Waals surface area contributed by atoms with Gasteiger partial charge in [0.1, 0.15) is 0 Å². The average molecular weight is 859 g/mol. The van der Waals surface area contributed by atoms with Gasteiger partial charge >= 0.3 is 0 Å². The molecule has 1 aliphatic carbocycles. The van der Waals surface area contributed by atoms with E-state index in [0.29, 0.717) is 40.6 Å². The highest BCUT2D eigenvalue weighted by Crippen LogP contribution is 2.57. The van der Waals surface area contributed by atoms with Gasteiger partial charge in [-0.25, -0.2) is 0 Å². The van der Waals surface area contributed by atoms with Crippen molar-refractivity contribution >= 4 is 24.3 Å². The minimum Gasteiger partial charge on any atom is -0.493 e. The van der Waals surface area contributed by atoms with Gasteiger partial charge in [-0.3, -0.25) is 0 Å². The van der Waals surface area contributed by atoms with Crippen molar-refractivity contribution in [3.05, 3.63) is 99.6 Å². The number of methoxy groups -OCH3 is 3. The van der Waals surface area contributed by atoms with Crippen molar-refractivity contribution in [3.63, 3.8) is 0 Å². The Morgan fingerprint density at radius 1 is 0.524 bits per heavy atom. The van der Waals surface area contributed by atoms with Crippen molar-refractivity contribution in [1.82, 2.24) is 0 Å². The second-order valence-electron chi connectivity index (χ2n) is 17.9. The molecule has 63 heavy (non-hydrogen) atoms. The zero-order chi connectivity index (χ0) is 45.5. The summed E-state index contributed by atoms with van der Waals surface area (Å²) in [6.45, 7) is 17.6. The quantitative estimate of drug-likeness (QED) is 0.0635.